The average molecular weight is 483 g/mol. The van der Waals surface area contributed by atoms with Crippen molar-refractivity contribution in [2.75, 3.05) is 31.8 Å². The van der Waals surface area contributed by atoms with E-state index < -0.39 is 49.0 Å². The molecule has 9 nitrogen and oxygen atoms in total. The van der Waals surface area contributed by atoms with Crippen molar-refractivity contribution < 1.29 is 36.6 Å². The van der Waals surface area contributed by atoms with E-state index in [1.54, 1.807) is 0 Å². The molecule has 0 radical (unpaired) electrons. The van der Waals surface area contributed by atoms with Gasteiger partial charge in [-0.3, -0.25) is 4.79 Å². The zero-order chi connectivity index (χ0) is 24.3. The summed E-state index contributed by atoms with van der Waals surface area (Å²) in [5, 5.41) is 2.53. The maximum atomic E-state index is 14.9. The van der Waals surface area contributed by atoms with E-state index in [2.05, 4.69) is 20.3 Å². The molecule has 1 aromatic carbocycles. The number of nitrogens with one attached hydrogen (secondary N) is 1. The summed E-state index contributed by atoms with van der Waals surface area (Å²) in [4.78, 5) is 24.3. The number of anilines is 1. The molecule has 1 aromatic heterocycles. The van der Waals surface area contributed by atoms with Crippen molar-refractivity contribution in [1.29, 1.82) is 0 Å². The van der Waals surface area contributed by atoms with Crippen LogP contribution in [0.3, 0.4) is 0 Å². The van der Waals surface area contributed by atoms with Crippen LogP contribution in [0.2, 0.25) is 0 Å². The van der Waals surface area contributed by atoms with Crippen LogP contribution in [0.15, 0.2) is 35.6 Å². The Morgan fingerprint density at radius 2 is 2.15 bits per heavy atom. The molecule has 1 saturated heterocycles. The quantitative estimate of drug-likeness (QED) is 0.581. The number of halogens is 4. The fraction of sp³-hybridized carbons (Fsp3) is 0.429. The molecule has 4 rings (SSSR count). The molecule has 2 aliphatic heterocycles. The van der Waals surface area contributed by atoms with Crippen molar-refractivity contribution in [3.05, 3.63) is 47.7 Å². The Kier molecular flexibility index (Phi) is 6.82. The summed E-state index contributed by atoms with van der Waals surface area (Å²) in [7, 11) is 0. The molecule has 3 heterocycles. The largest absolute Gasteiger partial charge is 0.470 e. The van der Waals surface area contributed by atoms with Gasteiger partial charge in [0, 0.05) is 17.7 Å². The number of alkyl halides is 3. The third-order valence-corrected chi connectivity index (χ3v) is 5.60. The summed E-state index contributed by atoms with van der Waals surface area (Å²) in [6.07, 6.45) is -0.682. The maximum Gasteiger partial charge on any atom is 0.283 e. The van der Waals surface area contributed by atoms with Gasteiger partial charge >= 0.3 is 0 Å². The number of ether oxygens (including phenoxy) is 3. The zero-order valence-corrected chi connectivity index (χ0v) is 17.7. The van der Waals surface area contributed by atoms with Gasteiger partial charge < -0.3 is 25.3 Å². The molecule has 34 heavy (non-hydrogen) atoms. The van der Waals surface area contributed by atoms with Crippen LogP contribution in [-0.2, 0) is 15.0 Å². The summed E-state index contributed by atoms with van der Waals surface area (Å²) >= 11 is 0. The van der Waals surface area contributed by atoms with Crippen molar-refractivity contribution in [1.82, 2.24) is 9.97 Å². The van der Waals surface area contributed by atoms with Crippen molar-refractivity contribution in [3.63, 3.8) is 0 Å². The van der Waals surface area contributed by atoms with E-state index >= 15 is 0 Å². The number of carbonyl (C=O) groups excluding carboxylic acids is 1. The molecule has 3 N–H and O–H groups in total. The van der Waals surface area contributed by atoms with E-state index in [1.807, 2.05) is 0 Å². The average Bonchev–Trinajstić information content (AvgIpc) is 2.83. The van der Waals surface area contributed by atoms with Crippen LogP contribution in [0.25, 0.3) is 0 Å². The summed E-state index contributed by atoms with van der Waals surface area (Å²) in [6.45, 7) is -1.44. The number of nitrogens with two attached hydrogens (primary N) is 1. The minimum Gasteiger partial charge on any atom is -0.470 e. The van der Waals surface area contributed by atoms with E-state index in [0.717, 1.165) is 18.5 Å². The molecule has 1 fully saturated rings. The molecular formula is C21H21F4N5O4. The highest BCUT2D eigenvalue weighted by atomic mass is 19.3. The highest BCUT2D eigenvalue weighted by Crippen LogP contribution is 2.44. The van der Waals surface area contributed by atoms with Gasteiger partial charge in [-0.05, 0) is 18.2 Å². The van der Waals surface area contributed by atoms with Gasteiger partial charge in [-0.1, -0.05) is 0 Å². The number of hydrogen-bond donors (Lipinski definition) is 2. The number of aliphatic imine (C=N–C) groups is 1. The minimum atomic E-state index is -2.68. The number of nitrogens with zero attached hydrogens (tertiary/aromatic N) is 3. The van der Waals surface area contributed by atoms with Gasteiger partial charge in [0.1, 0.15) is 29.8 Å². The fourth-order valence-electron chi connectivity index (χ4n) is 4.01. The highest BCUT2D eigenvalue weighted by molar-refractivity contribution is 6.02. The van der Waals surface area contributed by atoms with Gasteiger partial charge in [0.15, 0.2) is 6.61 Å². The lowest BCUT2D eigenvalue weighted by atomic mass is 9.74. The van der Waals surface area contributed by atoms with Crippen molar-refractivity contribution >= 4 is 17.6 Å². The molecule has 0 saturated carbocycles. The smallest absolute Gasteiger partial charge is 0.283 e. The van der Waals surface area contributed by atoms with E-state index in [0.29, 0.717) is 13.0 Å². The molecule has 13 heteroatoms. The molecule has 2 aliphatic rings. The number of amidine groups is 1. The highest BCUT2D eigenvalue weighted by Gasteiger charge is 2.52. The molecule has 0 unspecified atom stereocenters. The lowest BCUT2D eigenvalue weighted by molar-refractivity contribution is -0.0785. The van der Waals surface area contributed by atoms with Gasteiger partial charge in [-0.15, -0.1) is 0 Å². The third-order valence-electron chi connectivity index (χ3n) is 5.60. The maximum absolute atomic E-state index is 14.9. The number of amides is 1. The van der Waals surface area contributed by atoms with Crippen LogP contribution < -0.4 is 15.8 Å². The van der Waals surface area contributed by atoms with Crippen LogP contribution in [0.4, 0.5) is 23.2 Å². The second kappa shape index (κ2) is 9.79. The molecule has 182 valence electrons. The molecule has 2 aromatic rings. The van der Waals surface area contributed by atoms with Crippen molar-refractivity contribution in [3.8, 4) is 5.88 Å². The first-order valence-corrected chi connectivity index (χ1v) is 10.3. The second-order valence-corrected chi connectivity index (χ2v) is 7.73. The SMILES string of the molecule is NC1=N[C@](CF)(c2cc(NC(=O)c3cnc(OCC(F)F)cn3)ccc2F)[C@H]2COCC[C@H]2O1. The lowest BCUT2D eigenvalue weighted by Crippen LogP contribution is -2.54. The van der Waals surface area contributed by atoms with E-state index in [9.17, 15) is 22.4 Å². The number of aromatic nitrogens is 2. The molecule has 1 amide bonds. The molecule has 0 spiro atoms. The lowest BCUT2D eigenvalue weighted by Gasteiger charge is -2.45. The molecular weight excluding hydrogens is 462 g/mol. The van der Waals surface area contributed by atoms with Crippen LogP contribution in [-0.4, -0.2) is 60.9 Å². The molecule has 0 bridgehead atoms. The van der Waals surface area contributed by atoms with E-state index in [1.165, 1.54) is 12.1 Å². The van der Waals surface area contributed by atoms with Crippen LogP contribution in [0.1, 0.15) is 22.5 Å². The third kappa shape index (κ3) is 4.74. The number of benzene rings is 1. The van der Waals surface area contributed by atoms with Crippen LogP contribution >= 0.6 is 0 Å². The van der Waals surface area contributed by atoms with E-state index in [-0.39, 0.29) is 35.5 Å². The molecule has 3 atom stereocenters. The van der Waals surface area contributed by atoms with Gasteiger partial charge in [0.25, 0.3) is 18.4 Å². The predicted molar refractivity (Wildman–Crippen MR) is 111 cm³/mol. The monoisotopic (exact) mass is 483 g/mol. The Morgan fingerprint density at radius 3 is 2.85 bits per heavy atom. The summed E-state index contributed by atoms with van der Waals surface area (Å²) in [6, 6.07) is 3.39. The van der Waals surface area contributed by atoms with E-state index in [4.69, 9.17) is 19.9 Å². The van der Waals surface area contributed by atoms with Crippen molar-refractivity contribution in [2.45, 2.75) is 24.5 Å². The Labute approximate surface area is 191 Å². The summed E-state index contributed by atoms with van der Waals surface area (Å²) in [5.74, 6) is -2.26. The fourth-order valence-corrected chi connectivity index (χ4v) is 4.01. The second-order valence-electron chi connectivity index (χ2n) is 7.73. The number of hydrogen-bond acceptors (Lipinski definition) is 8. The minimum absolute atomic E-state index is 0.0942. The van der Waals surface area contributed by atoms with Crippen LogP contribution in [0.5, 0.6) is 5.88 Å². The Morgan fingerprint density at radius 1 is 1.32 bits per heavy atom. The van der Waals surface area contributed by atoms with Gasteiger partial charge in [-0.25, -0.2) is 32.5 Å². The van der Waals surface area contributed by atoms with Gasteiger partial charge in [0.05, 0.1) is 31.5 Å². The Hall–Kier alpha value is -3.48. The predicted octanol–water partition coefficient (Wildman–Crippen LogP) is 2.43. The first kappa shape index (κ1) is 23.7. The number of fused-ring (bicyclic) bond motifs is 1. The molecule has 0 aliphatic carbocycles. The first-order chi connectivity index (χ1) is 16.3. The first-order valence-electron chi connectivity index (χ1n) is 10.3. The van der Waals surface area contributed by atoms with Crippen LogP contribution in [0, 0.1) is 11.7 Å². The van der Waals surface area contributed by atoms with Crippen molar-refractivity contribution in [2.24, 2.45) is 16.6 Å². The normalized spacial score (nSPS) is 24.1. The topological polar surface area (TPSA) is 121 Å². The standard InChI is InChI=1S/C21H21F4N5O4/c22-10-21(13-8-32-4-3-16(13)34-20(26)30-21)12-5-11(1-2-14(12)23)29-19(31)15-6-28-18(7-27-15)33-9-17(24)25/h1-2,5-7,13,16-17H,3-4,8-10H2,(H2,26,30)(H,29,31)/t13-,16+,21+/m0/s1. The Balaban J connectivity index is 1.58. The Bertz CT molecular complexity index is 1070. The summed E-state index contributed by atoms with van der Waals surface area (Å²) < 4.78 is 69.6. The number of rotatable bonds is 7. The number of carbonyl (C=O) groups is 1. The zero-order valence-electron chi connectivity index (χ0n) is 17.7. The van der Waals surface area contributed by atoms with Gasteiger partial charge in [0.2, 0.25) is 5.88 Å². The summed E-state index contributed by atoms with van der Waals surface area (Å²) in [5.41, 5.74) is 3.98. The van der Waals surface area contributed by atoms with Gasteiger partial charge in [-0.2, -0.15) is 0 Å².